The molecule has 2 aromatic carbocycles. The van der Waals surface area contributed by atoms with Gasteiger partial charge in [0.1, 0.15) is 22.8 Å². The van der Waals surface area contributed by atoms with Gasteiger partial charge < -0.3 is 24.6 Å². The lowest BCUT2D eigenvalue weighted by molar-refractivity contribution is -0.118. The first-order chi connectivity index (χ1) is 11.9. The molecule has 0 aliphatic rings. The fourth-order valence-corrected chi connectivity index (χ4v) is 2.39. The van der Waals surface area contributed by atoms with Crippen LogP contribution in [0.5, 0.6) is 17.2 Å². The minimum atomic E-state index is -1.14. The van der Waals surface area contributed by atoms with Gasteiger partial charge >= 0.3 is 5.97 Å². The maximum absolute atomic E-state index is 12.1. The molecule has 0 radical (unpaired) electrons. The zero-order valence-corrected chi connectivity index (χ0v) is 15.1. The highest BCUT2D eigenvalue weighted by Gasteiger charge is 2.14. The third kappa shape index (κ3) is 4.87. The number of carboxylic acid groups (broad SMARTS) is 1. The average Bonchev–Trinajstić information content (AvgIpc) is 2.60. The monoisotopic (exact) mass is 409 g/mol. The normalized spacial score (nSPS) is 10.0. The van der Waals surface area contributed by atoms with E-state index in [1.807, 2.05) is 0 Å². The van der Waals surface area contributed by atoms with Crippen molar-refractivity contribution in [3.63, 3.8) is 0 Å². The predicted molar refractivity (Wildman–Crippen MR) is 94.8 cm³/mol. The molecule has 0 saturated heterocycles. The lowest BCUT2D eigenvalue weighted by Crippen LogP contribution is -2.21. The van der Waals surface area contributed by atoms with Crippen molar-refractivity contribution in [2.75, 3.05) is 26.1 Å². The Morgan fingerprint density at radius 2 is 1.84 bits per heavy atom. The first-order valence-electron chi connectivity index (χ1n) is 7.12. The number of hydrogen-bond donors (Lipinski definition) is 2. The molecule has 2 N–H and O–H groups in total. The molecule has 0 aliphatic carbocycles. The fourth-order valence-electron chi connectivity index (χ4n) is 2.03. The average molecular weight is 410 g/mol. The van der Waals surface area contributed by atoms with Crippen LogP contribution in [0.15, 0.2) is 40.9 Å². The second-order valence-electron chi connectivity index (χ2n) is 4.85. The molecule has 0 aromatic heterocycles. The highest BCUT2D eigenvalue weighted by atomic mass is 79.9. The van der Waals surface area contributed by atoms with Gasteiger partial charge in [0.05, 0.1) is 19.9 Å². The number of carboxylic acids is 1. The van der Waals surface area contributed by atoms with Crippen LogP contribution in [-0.4, -0.2) is 37.8 Å². The van der Waals surface area contributed by atoms with E-state index < -0.39 is 11.9 Å². The zero-order valence-electron chi connectivity index (χ0n) is 13.5. The summed E-state index contributed by atoms with van der Waals surface area (Å²) in [7, 11) is 3.00. The topological polar surface area (TPSA) is 94.1 Å². The molecule has 25 heavy (non-hydrogen) atoms. The van der Waals surface area contributed by atoms with Crippen LogP contribution < -0.4 is 19.5 Å². The zero-order chi connectivity index (χ0) is 18.4. The Morgan fingerprint density at radius 1 is 1.08 bits per heavy atom. The number of amides is 1. The van der Waals surface area contributed by atoms with Crippen LogP contribution >= 0.6 is 15.9 Å². The molecule has 2 aromatic rings. The highest BCUT2D eigenvalue weighted by molar-refractivity contribution is 9.10. The molecule has 2 rings (SSSR count). The van der Waals surface area contributed by atoms with E-state index in [-0.39, 0.29) is 17.9 Å². The first-order valence-corrected chi connectivity index (χ1v) is 7.91. The highest BCUT2D eigenvalue weighted by Crippen LogP contribution is 2.29. The second kappa shape index (κ2) is 8.39. The number of halogens is 1. The van der Waals surface area contributed by atoms with Gasteiger partial charge in [-0.3, -0.25) is 4.79 Å². The number of anilines is 1. The number of ether oxygens (including phenoxy) is 3. The Kier molecular flexibility index (Phi) is 6.24. The number of nitrogens with one attached hydrogen (secondary N) is 1. The van der Waals surface area contributed by atoms with Crippen LogP contribution in [0.2, 0.25) is 0 Å². The van der Waals surface area contributed by atoms with Crippen molar-refractivity contribution in [3.8, 4) is 17.2 Å². The van der Waals surface area contributed by atoms with Crippen molar-refractivity contribution < 1.29 is 28.9 Å². The maximum Gasteiger partial charge on any atom is 0.339 e. The molecule has 0 aliphatic heterocycles. The molecule has 0 fully saturated rings. The number of aromatic carboxylic acids is 1. The van der Waals surface area contributed by atoms with Crippen molar-refractivity contribution in [2.45, 2.75) is 0 Å². The second-order valence-corrected chi connectivity index (χ2v) is 5.76. The SMILES string of the molecule is COc1ccc(NC(=O)COc2ccc(Br)cc2C(=O)O)c(OC)c1. The third-order valence-corrected chi connectivity index (χ3v) is 3.71. The standard InChI is InChI=1S/C17H16BrNO6/c1-23-11-4-5-13(15(8-11)24-2)19-16(20)9-25-14-6-3-10(18)7-12(14)17(21)22/h3-8H,9H2,1-2H3,(H,19,20)(H,21,22). The van der Waals surface area contributed by atoms with Crippen LogP contribution in [0, 0.1) is 0 Å². The van der Waals surface area contributed by atoms with Crippen LogP contribution in [-0.2, 0) is 4.79 Å². The van der Waals surface area contributed by atoms with Crippen molar-refractivity contribution in [2.24, 2.45) is 0 Å². The molecule has 132 valence electrons. The Labute approximate surface area is 152 Å². The van der Waals surface area contributed by atoms with E-state index >= 15 is 0 Å². The summed E-state index contributed by atoms with van der Waals surface area (Å²) in [5, 5.41) is 11.8. The summed E-state index contributed by atoms with van der Waals surface area (Å²) in [4.78, 5) is 23.3. The largest absolute Gasteiger partial charge is 0.497 e. The van der Waals surface area contributed by atoms with Gasteiger partial charge in [0.2, 0.25) is 0 Å². The van der Waals surface area contributed by atoms with E-state index in [0.29, 0.717) is 21.7 Å². The van der Waals surface area contributed by atoms with Gasteiger partial charge in [-0.1, -0.05) is 15.9 Å². The summed E-state index contributed by atoms with van der Waals surface area (Å²) in [6.45, 7) is -0.350. The Hall–Kier alpha value is -2.74. The Morgan fingerprint density at radius 3 is 2.48 bits per heavy atom. The third-order valence-electron chi connectivity index (χ3n) is 3.21. The minimum absolute atomic E-state index is 0.0378. The van der Waals surface area contributed by atoms with Gasteiger partial charge in [-0.15, -0.1) is 0 Å². The summed E-state index contributed by atoms with van der Waals surface area (Å²) in [5.41, 5.74) is 0.412. The van der Waals surface area contributed by atoms with E-state index in [0.717, 1.165) is 0 Å². The van der Waals surface area contributed by atoms with Crippen LogP contribution in [0.3, 0.4) is 0 Å². The van der Waals surface area contributed by atoms with E-state index in [9.17, 15) is 14.7 Å². The molecule has 0 saturated carbocycles. The van der Waals surface area contributed by atoms with E-state index in [1.165, 1.54) is 26.4 Å². The van der Waals surface area contributed by atoms with Gasteiger partial charge in [-0.05, 0) is 30.3 Å². The molecule has 0 bridgehead atoms. The molecule has 8 heteroatoms. The first kappa shape index (κ1) is 18.6. The summed E-state index contributed by atoms with van der Waals surface area (Å²) in [6.07, 6.45) is 0. The number of rotatable bonds is 7. The van der Waals surface area contributed by atoms with Gasteiger partial charge in [0, 0.05) is 10.5 Å². The molecular weight excluding hydrogens is 394 g/mol. The van der Waals surface area contributed by atoms with E-state index in [2.05, 4.69) is 21.2 Å². The molecule has 1 amide bonds. The molecule has 0 atom stereocenters. The van der Waals surface area contributed by atoms with Gasteiger partial charge in [0.15, 0.2) is 6.61 Å². The minimum Gasteiger partial charge on any atom is -0.497 e. The van der Waals surface area contributed by atoms with E-state index in [1.54, 1.807) is 24.3 Å². The van der Waals surface area contributed by atoms with Crippen molar-refractivity contribution >= 4 is 33.5 Å². The molecule has 0 heterocycles. The van der Waals surface area contributed by atoms with Crippen LogP contribution in [0.4, 0.5) is 5.69 Å². The maximum atomic E-state index is 12.1. The number of hydrogen-bond acceptors (Lipinski definition) is 5. The quantitative estimate of drug-likeness (QED) is 0.728. The molecular formula is C17H16BrNO6. The molecule has 7 nitrogen and oxygen atoms in total. The lowest BCUT2D eigenvalue weighted by Gasteiger charge is -2.13. The van der Waals surface area contributed by atoms with Crippen LogP contribution in [0.25, 0.3) is 0 Å². The van der Waals surface area contributed by atoms with Crippen LogP contribution in [0.1, 0.15) is 10.4 Å². The number of carbonyl (C=O) groups excluding carboxylic acids is 1. The van der Waals surface area contributed by atoms with Crippen molar-refractivity contribution in [3.05, 3.63) is 46.4 Å². The Bertz CT molecular complexity index is 793. The Balaban J connectivity index is 2.06. The predicted octanol–water partition coefficient (Wildman–Crippen LogP) is 3.18. The van der Waals surface area contributed by atoms with Crippen molar-refractivity contribution in [1.82, 2.24) is 0 Å². The van der Waals surface area contributed by atoms with Gasteiger partial charge in [-0.2, -0.15) is 0 Å². The lowest BCUT2D eigenvalue weighted by atomic mass is 10.2. The summed E-state index contributed by atoms with van der Waals surface area (Å²) < 4.78 is 16.2. The number of carbonyl (C=O) groups is 2. The smallest absolute Gasteiger partial charge is 0.339 e. The van der Waals surface area contributed by atoms with Gasteiger partial charge in [-0.25, -0.2) is 4.79 Å². The summed E-state index contributed by atoms with van der Waals surface area (Å²) in [6, 6.07) is 9.46. The number of methoxy groups -OCH3 is 2. The van der Waals surface area contributed by atoms with Crippen molar-refractivity contribution in [1.29, 1.82) is 0 Å². The molecule has 0 unspecified atom stereocenters. The number of benzene rings is 2. The van der Waals surface area contributed by atoms with E-state index in [4.69, 9.17) is 14.2 Å². The fraction of sp³-hybridized carbons (Fsp3) is 0.176. The summed E-state index contributed by atoms with van der Waals surface area (Å²) >= 11 is 3.19. The molecule has 0 spiro atoms. The van der Waals surface area contributed by atoms with Gasteiger partial charge in [0.25, 0.3) is 5.91 Å². The summed E-state index contributed by atoms with van der Waals surface area (Å²) in [5.74, 6) is -0.474.